The molecule has 1 unspecified atom stereocenters. The molecule has 0 aromatic carbocycles. The number of alkyl halides is 2. The van der Waals surface area contributed by atoms with Crippen molar-refractivity contribution in [3.63, 3.8) is 0 Å². The van der Waals surface area contributed by atoms with E-state index >= 15 is 0 Å². The van der Waals surface area contributed by atoms with Crippen molar-refractivity contribution in [1.82, 2.24) is 9.78 Å². The van der Waals surface area contributed by atoms with Gasteiger partial charge in [-0.1, -0.05) is 0 Å². The van der Waals surface area contributed by atoms with Gasteiger partial charge in [0.1, 0.15) is 0 Å². The maximum absolute atomic E-state index is 12.3. The second-order valence-corrected chi connectivity index (χ2v) is 3.67. The summed E-state index contributed by atoms with van der Waals surface area (Å²) < 4.78 is 26.4. The first-order valence-electron chi connectivity index (χ1n) is 5.04. The van der Waals surface area contributed by atoms with Gasteiger partial charge >= 0.3 is 0 Å². The Kier molecular flexibility index (Phi) is 3.79. The Balaban J connectivity index is 2.89. The van der Waals surface area contributed by atoms with Gasteiger partial charge in [0, 0.05) is 12.2 Å². The van der Waals surface area contributed by atoms with E-state index in [1.807, 2.05) is 25.5 Å². The van der Waals surface area contributed by atoms with Crippen molar-refractivity contribution in [3.05, 3.63) is 17.0 Å². The van der Waals surface area contributed by atoms with E-state index in [0.717, 1.165) is 23.5 Å². The minimum absolute atomic E-state index is 0.190. The molecule has 1 rings (SSSR count). The lowest BCUT2D eigenvalue weighted by atomic mass is 10.1. The summed E-state index contributed by atoms with van der Waals surface area (Å²) >= 11 is 0. The Morgan fingerprint density at radius 1 is 1.40 bits per heavy atom. The maximum Gasteiger partial charge on any atom is 0.253 e. The fourth-order valence-corrected chi connectivity index (χ4v) is 1.66. The van der Waals surface area contributed by atoms with Crippen molar-refractivity contribution in [2.75, 3.05) is 0 Å². The number of nitrogens with zero attached hydrogens (tertiary/aromatic N) is 2. The predicted octanol–water partition coefficient (Wildman–Crippen LogP) is 1.65. The van der Waals surface area contributed by atoms with E-state index in [9.17, 15) is 8.78 Å². The number of halogens is 2. The van der Waals surface area contributed by atoms with E-state index in [0.29, 0.717) is 0 Å². The van der Waals surface area contributed by atoms with Crippen molar-refractivity contribution in [1.29, 1.82) is 0 Å². The van der Waals surface area contributed by atoms with E-state index in [1.54, 1.807) is 0 Å². The first kappa shape index (κ1) is 12.1. The molecule has 0 aliphatic carbocycles. The fourth-order valence-electron chi connectivity index (χ4n) is 1.66. The van der Waals surface area contributed by atoms with Crippen LogP contribution in [0.1, 0.15) is 23.9 Å². The largest absolute Gasteiger partial charge is 0.323 e. The van der Waals surface area contributed by atoms with Crippen molar-refractivity contribution >= 4 is 0 Å². The molecule has 1 heterocycles. The minimum Gasteiger partial charge on any atom is -0.323 e. The zero-order valence-corrected chi connectivity index (χ0v) is 9.30. The molecular formula is C10H17F2N3. The Morgan fingerprint density at radius 2 is 2.00 bits per heavy atom. The van der Waals surface area contributed by atoms with Gasteiger partial charge in [0.25, 0.3) is 6.43 Å². The maximum atomic E-state index is 12.3. The third-order valence-electron chi connectivity index (χ3n) is 2.59. The van der Waals surface area contributed by atoms with Crippen LogP contribution in [0.4, 0.5) is 8.78 Å². The van der Waals surface area contributed by atoms with Crippen LogP contribution >= 0.6 is 0 Å². The summed E-state index contributed by atoms with van der Waals surface area (Å²) in [5.74, 6) is 0. The Bertz CT molecular complexity index is 334. The zero-order chi connectivity index (χ0) is 11.6. The standard InChI is InChI=1S/C10H17F2N3/c1-4-15-7(3)8(6(2)14-15)5-9(13)10(11)12/h9-10H,4-5,13H2,1-3H3. The van der Waals surface area contributed by atoms with Crippen LogP contribution in [-0.4, -0.2) is 22.2 Å². The van der Waals surface area contributed by atoms with Gasteiger partial charge in [0.05, 0.1) is 11.7 Å². The highest BCUT2D eigenvalue weighted by Gasteiger charge is 2.20. The molecule has 0 spiro atoms. The monoisotopic (exact) mass is 217 g/mol. The highest BCUT2D eigenvalue weighted by molar-refractivity contribution is 5.25. The lowest BCUT2D eigenvalue weighted by Gasteiger charge is -2.10. The van der Waals surface area contributed by atoms with Gasteiger partial charge in [-0.25, -0.2) is 8.78 Å². The molecule has 0 aliphatic rings. The molecule has 0 saturated heterocycles. The Morgan fingerprint density at radius 3 is 2.40 bits per heavy atom. The average Bonchev–Trinajstić information content (AvgIpc) is 2.44. The second-order valence-electron chi connectivity index (χ2n) is 3.67. The van der Waals surface area contributed by atoms with E-state index in [1.165, 1.54) is 0 Å². The van der Waals surface area contributed by atoms with E-state index < -0.39 is 12.5 Å². The molecule has 2 N–H and O–H groups in total. The highest BCUT2D eigenvalue weighted by Crippen LogP contribution is 2.16. The molecule has 0 bridgehead atoms. The molecule has 1 aromatic heterocycles. The van der Waals surface area contributed by atoms with Crippen LogP contribution in [0.3, 0.4) is 0 Å². The molecule has 86 valence electrons. The summed E-state index contributed by atoms with van der Waals surface area (Å²) in [5, 5.41) is 4.26. The van der Waals surface area contributed by atoms with Gasteiger partial charge in [-0.2, -0.15) is 5.10 Å². The number of hydrogen-bond donors (Lipinski definition) is 1. The van der Waals surface area contributed by atoms with Crippen LogP contribution in [0.25, 0.3) is 0 Å². The predicted molar refractivity (Wildman–Crippen MR) is 55.1 cm³/mol. The normalized spacial score (nSPS) is 13.5. The summed E-state index contributed by atoms with van der Waals surface area (Å²) in [6.45, 7) is 6.43. The third kappa shape index (κ3) is 2.53. The second kappa shape index (κ2) is 4.70. The molecule has 1 atom stereocenters. The van der Waals surface area contributed by atoms with Crippen LogP contribution in [-0.2, 0) is 13.0 Å². The van der Waals surface area contributed by atoms with Gasteiger partial charge in [0.2, 0.25) is 0 Å². The van der Waals surface area contributed by atoms with Crippen molar-refractivity contribution < 1.29 is 8.78 Å². The lowest BCUT2D eigenvalue weighted by Crippen LogP contribution is -2.31. The number of aryl methyl sites for hydroxylation is 2. The first-order valence-corrected chi connectivity index (χ1v) is 5.04. The molecule has 3 nitrogen and oxygen atoms in total. The summed E-state index contributed by atoms with van der Waals surface area (Å²) in [7, 11) is 0. The van der Waals surface area contributed by atoms with Crippen molar-refractivity contribution in [2.45, 2.75) is 46.2 Å². The summed E-state index contributed by atoms with van der Waals surface area (Å²) in [6, 6.07) is -1.10. The molecule has 0 aliphatic heterocycles. The van der Waals surface area contributed by atoms with Gasteiger partial charge < -0.3 is 5.73 Å². The quantitative estimate of drug-likeness (QED) is 0.833. The van der Waals surface area contributed by atoms with Crippen LogP contribution in [0.15, 0.2) is 0 Å². The molecule has 0 amide bonds. The molecule has 0 radical (unpaired) electrons. The SMILES string of the molecule is CCn1nc(C)c(CC(N)C(F)F)c1C. The molecular weight excluding hydrogens is 200 g/mol. The van der Waals surface area contributed by atoms with Crippen LogP contribution in [0, 0.1) is 13.8 Å². The molecule has 5 heteroatoms. The number of nitrogens with two attached hydrogens (primary N) is 1. The van der Waals surface area contributed by atoms with Crippen molar-refractivity contribution in [2.24, 2.45) is 5.73 Å². The Hall–Kier alpha value is -0.970. The summed E-state index contributed by atoms with van der Waals surface area (Å²) in [4.78, 5) is 0. The fraction of sp³-hybridized carbons (Fsp3) is 0.700. The van der Waals surface area contributed by atoms with Gasteiger partial charge in [-0.15, -0.1) is 0 Å². The van der Waals surface area contributed by atoms with Crippen LogP contribution < -0.4 is 5.73 Å². The highest BCUT2D eigenvalue weighted by atomic mass is 19.3. The third-order valence-corrected chi connectivity index (χ3v) is 2.59. The number of aromatic nitrogens is 2. The van der Waals surface area contributed by atoms with Gasteiger partial charge in [-0.3, -0.25) is 4.68 Å². The van der Waals surface area contributed by atoms with E-state index in [-0.39, 0.29) is 6.42 Å². The lowest BCUT2D eigenvalue weighted by molar-refractivity contribution is 0.116. The summed E-state index contributed by atoms with van der Waals surface area (Å²) in [6.07, 6.45) is -2.29. The molecule has 1 aromatic rings. The smallest absolute Gasteiger partial charge is 0.253 e. The van der Waals surface area contributed by atoms with E-state index in [2.05, 4.69) is 5.10 Å². The Labute approximate surface area is 88.3 Å². The molecule has 0 saturated carbocycles. The molecule has 15 heavy (non-hydrogen) atoms. The summed E-state index contributed by atoms with van der Waals surface area (Å²) in [5.41, 5.74) is 7.93. The van der Waals surface area contributed by atoms with Crippen LogP contribution in [0.2, 0.25) is 0 Å². The number of hydrogen-bond acceptors (Lipinski definition) is 2. The molecule has 0 fully saturated rings. The van der Waals surface area contributed by atoms with Gasteiger partial charge in [-0.05, 0) is 32.8 Å². The van der Waals surface area contributed by atoms with E-state index in [4.69, 9.17) is 5.73 Å². The number of rotatable bonds is 4. The van der Waals surface area contributed by atoms with Crippen molar-refractivity contribution in [3.8, 4) is 0 Å². The first-order chi connectivity index (χ1) is 6.97. The topological polar surface area (TPSA) is 43.8 Å². The van der Waals surface area contributed by atoms with Gasteiger partial charge in [0.15, 0.2) is 0 Å². The average molecular weight is 217 g/mol. The minimum atomic E-state index is -2.48. The zero-order valence-electron chi connectivity index (χ0n) is 9.30. The van der Waals surface area contributed by atoms with Crippen LogP contribution in [0.5, 0.6) is 0 Å².